The van der Waals surface area contributed by atoms with E-state index in [2.05, 4.69) is 34.2 Å². The van der Waals surface area contributed by atoms with Crippen molar-refractivity contribution in [1.82, 2.24) is 10.2 Å². The van der Waals surface area contributed by atoms with E-state index in [1.165, 1.54) is 76.6 Å². The van der Waals surface area contributed by atoms with Crippen molar-refractivity contribution in [3.05, 3.63) is 29.8 Å². The average molecular weight is 398 g/mol. The summed E-state index contributed by atoms with van der Waals surface area (Å²) in [6.45, 7) is 7.93. The number of hydrogen-bond acceptors (Lipinski definition) is 3. The molecule has 4 rings (SSSR count). The highest BCUT2D eigenvalue weighted by atomic mass is 16.1. The summed E-state index contributed by atoms with van der Waals surface area (Å²) in [6, 6.07) is 9.17. The van der Waals surface area contributed by atoms with Crippen LogP contribution in [0, 0.1) is 5.41 Å². The van der Waals surface area contributed by atoms with E-state index in [1.54, 1.807) is 0 Å². The third kappa shape index (κ3) is 4.96. The van der Waals surface area contributed by atoms with Gasteiger partial charge in [0.05, 0.1) is 0 Å². The molecule has 1 amide bonds. The summed E-state index contributed by atoms with van der Waals surface area (Å²) in [7, 11) is 0. The first kappa shape index (κ1) is 20.7. The van der Waals surface area contributed by atoms with Crippen molar-refractivity contribution in [2.45, 2.75) is 77.2 Å². The summed E-state index contributed by atoms with van der Waals surface area (Å²) in [5.41, 5.74) is 2.64. The Bertz CT molecular complexity index is 649. The van der Waals surface area contributed by atoms with E-state index in [0.717, 1.165) is 37.7 Å². The normalized spacial score (nSPS) is 22.4. The van der Waals surface area contributed by atoms with E-state index in [0.29, 0.717) is 5.41 Å². The summed E-state index contributed by atoms with van der Waals surface area (Å²) < 4.78 is 0. The van der Waals surface area contributed by atoms with Gasteiger partial charge in [-0.15, -0.1) is 0 Å². The molecule has 3 aliphatic rings. The lowest BCUT2D eigenvalue weighted by atomic mass is 9.70. The van der Waals surface area contributed by atoms with Crippen LogP contribution in [-0.4, -0.2) is 49.6 Å². The zero-order valence-corrected chi connectivity index (χ0v) is 18.3. The molecule has 0 unspecified atom stereocenters. The topological polar surface area (TPSA) is 35.6 Å². The summed E-state index contributed by atoms with van der Waals surface area (Å²) in [4.78, 5) is 17.6. The number of benzene rings is 1. The molecule has 1 saturated carbocycles. The van der Waals surface area contributed by atoms with Gasteiger partial charge in [0.25, 0.3) is 5.91 Å². The van der Waals surface area contributed by atoms with Crippen molar-refractivity contribution in [1.29, 1.82) is 0 Å². The highest BCUT2D eigenvalue weighted by Gasteiger charge is 2.39. The molecule has 0 aromatic heterocycles. The molecule has 4 nitrogen and oxygen atoms in total. The summed E-state index contributed by atoms with van der Waals surface area (Å²) >= 11 is 0. The van der Waals surface area contributed by atoms with E-state index < -0.39 is 0 Å². The monoisotopic (exact) mass is 397 g/mol. The molecule has 1 aliphatic carbocycles. The number of carbonyl (C=O) groups excluding carboxylic acids is 1. The highest BCUT2D eigenvalue weighted by Crippen LogP contribution is 2.43. The smallest absolute Gasteiger partial charge is 0.251 e. The maximum Gasteiger partial charge on any atom is 0.251 e. The van der Waals surface area contributed by atoms with Gasteiger partial charge in [0, 0.05) is 36.9 Å². The number of anilines is 1. The Labute approximate surface area is 177 Å². The SMILES string of the molecule is CCCCCNC(=O)c1ccc(N2CCC3(CC2)CCN(C2CCC2)CC3)cc1. The fourth-order valence-electron chi connectivity index (χ4n) is 5.36. The van der Waals surface area contributed by atoms with Crippen LogP contribution >= 0.6 is 0 Å². The number of hydrogen-bond donors (Lipinski definition) is 1. The first-order valence-corrected chi connectivity index (χ1v) is 12.1. The second-order valence-corrected chi connectivity index (χ2v) is 9.62. The van der Waals surface area contributed by atoms with Gasteiger partial charge in [-0.3, -0.25) is 4.79 Å². The van der Waals surface area contributed by atoms with Crippen molar-refractivity contribution in [3.63, 3.8) is 0 Å². The minimum absolute atomic E-state index is 0.0588. The quantitative estimate of drug-likeness (QED) is 0.669. The molecule has 1 aromatic rings. The molecule has 0 bridgehead atoms. The van der Waals surface area contributed by atoms with E-state index in [9.17, 15) is 4.79 Å². The number of likely N-dealkylation sites (tertiary alicyclic amines) is 1. The predicted molar refractivity (Wildman–Crippen MR) is 121 cm³/mol. The number of unbranched alkanes of at least 4 members (excludes halogenated alkanes) is 2. The number of amides is 1. The Morgan fingerprint density at radius 2 is 1.66 bits per heavy atom. The lowest BCUT2D eigenvalue weighted by molar-refractivity contribution is 0.0306. The minimum atomic E-state index is 0.0588. The van der Waals surface area contributed by atoms with Crippen LogP contribution in [-0.2, 0) is 0 Å². The van der Waals surface area contributed by atoms with Gasteiger partial charge >= 0.3 is 0 Å². The summed E-state index contributed by atoms with van der Waals surface area (Å²) in [5.74, 6) is 0.0588. The first-order chi connectivity index (χ1) is 14.2. The van der Waals surface area contributed by atoms with Crippen molar-refractivity contribution in [2.75, 3.05) is 37.6 Å². The standard InChI is InChI=1S/C25H39N3O/c1-2-3-4-16-26-24(29)21-8-10-23(11-9-21)28-19-14-25(15-20-28)12-17-27(18-13-25)22-6-5-7-22/h8-11,22H,2-7,12-20H2,1H3,(H,26,29). The zero-order valence-electron chi connectivity index (χ0n) is 18.3. The van der Waals surface area contributed by atoms with Crippen LogP contribution in [0.4, 0.5) is 5.69 Å². The molecule has 160 valence electrons. The third-order valence-corrected chi connectivity index (χ3v) is 7.83. The molecular formula is C25H39N3O. The van der Waals surface area contributed by atoms with Gasteiger partial charge in [0.2, 0.25) is 0 Å². The van der Waals surface area contributed by atoms with E-state index in [-0.39, 0.29) is 5.91 Å². The van der Waals surface area contributed by atoms with Crippen LogP contribution in [0.15, 0.2) is 24.3 Å². The Kier molecular flexibility index (Phi) is 6.79. The van der Waals surface area contributed by atoms with E-state index in [1.807, 2.05) is 12.1 Å². The Balaban J connectivity index is 1.24. The van der Waals surface area contributed by atoms with Gasteiger partial charge in [-0.25, -0.2) is 0 Å². The second kappa shape index (κ2) is 9.51. The van der Waals surface area contributed by atoms with Gasteiger partial charge < -0.3 is 15.1 Å². The second-order valence-electron chi connectivity index (χ2n) is 9.62. The molecule has 1 aromatic carbocycles. The van der Waals surface area contributed by atoms with Crippen LogP contribution in [0.2, 0.25) is 0 Å². The van der Waals surface area contributed by atoms with Gasteiger partial charge in [-0.1, -0.05) is 26.2 Å². The molecule has 2 heterocycles. The van der Waals surface area contributed by atoms with Gasteiger partial charge in [-0.05, 0) is 87.7 Å². The fourth-order valence-corrected chi connectivity index (χ4v) is 5.36. The molecule has 1 spiro atoms. The van der Waals surface area contributed by atoms with Crippen LogP contribution in [0.5, 0.6) is 0 Å². The molecule has 4 heteroatoms. The van der Waals surface area contributed by atoms with Crippen LogP contribution in [0.25, 0.3) is 0 Å². The summed E-state index contributed by atoms with van der Waals surface area (Å²) in [5, 5.41) is 3.03. The van der Waals surface area contributed by atoms with Crippen LogP contribution in [0.3, 0.4) is 0 Å². The molecule has 3 fully saturated rings. The number of carbonyl (C=O) groups is 1. The zero-order chi connectivity index (χ0) is 20.1. The molecule has 29 heavy (non-hydrogen) atoms. The van der Waals surface area contributed by atoms with Crippen LogP contribution in [0.1, 0.15) is 81.5 Å². The van der Waals surface area contributed by atoms with Gasteiger partial charge in [0.1, 0.15) is 0 Å². The molecule has 0 radical (unpaired) electrons. The third-order valence-electron chi connectivity index (χ3n) is 7.83. The lowest BCUT2D eigenvalue weighted by Crippen LogP contribution is -2.50. The Hall–Kier alpha value is -1.55. The van der Waals surface area contributed by atoms with Crippen molar-refractivity contribution >= 4 is 11.6 Å². The maximum atomic E-state index is 12.3. The Morgan fingerprint density at radius 3 is 2.24 bits per heavy atom. The fraction of sp³-hybridized carbons (Fsp3) is 0.720. The predicted octanol–water partition coefficient (Wildman–Crippen LogP) is 4.84. The maximum absolute atomic E-state index is 12.3. The first-order valence-electron chi connectivity index (χ1n) is 12.1. The largest absolute Gasteiger partial charge is 0.371 e. The van der Waals surface area contributed by atoms with Crippen molar-refractivity contribution < 1.29 is 4.79 Å². The minimum Gasteiger partial charge on any atom is -0.371 e. The van der Waals surface area contributed by atoms with Crippen LogP contribution < -0.4 is 10.2 Å². The molecule has 2 aliphatic heterocycles. The molecule has 0 atom stereocenters. The van der Waals surface area contributed by atoms with E-state index >= 15 is 0 Å². The summed E-state index contributed by atoms with van der Waals surface area (Å²) in [6.07, 6.45) is 13.2. The molecule has 1 N–H and O–H groups in total. The van der Waals surface area contributed by atoms with E-state index in [4.69, 9.17) is 0 Å². The number of rotatable bonds is 7. The Morgan fingerprint density at radius 1 is 1.00 bits per heavy atom. The lowest BCUT2D eigenvalue weighted by Gasteiger charge is -2.50. The van der Waals surface area contributed by atoms with Gasteiger partial charge in [-0.2, -0.15) is 0 Å². The molecular weight excluding hydrogens is 358 g/mol. The number of nitrogens with zero attached hydrogens (tertiary/aromatic N) is 2. The molecule has 2 saturated heterocycles. The number of piperidine rings is 2. The van der Waals surface area contributed by atoms with Crippen molar-refractivity contribution in [3.8, 4) is 0 Å². The van der Waals surface area contributed by atoms with Crippen molar-refractivity contribution in [2.24, 2.45) is 5.41 Å². The number of nitrogens with one attached hydrogen (secondary N) is 1. The average Bonchev–Trinajstić information content (AvgIpc) is 2.72. The highest BCUT2D eigenvalue weighted by molar-refractivity contribution is 5.94. The van der Waals surface area contributed by atoms with Gasteiger partial charge in [0.15, 0.2) is 0 Å².